The first-order valence-electron chi connectivity index (χ1n) is 10.2. The van der Waals surface area contributed by atoms with Gasteiger partial charge in [0.15, 0.2) is 11.6 Å². The molecule has 0 radical (unpaired) electrons. The lowest BCUT2D eigenvalue weighted by atomic mass is 9.88. The van der Waals surface area contributed by atoms with E-state index in [0.29, 0.717) is 49.0 Å². The van der Waals surface area contributed by atoms with Crippen LogP contribution in [-0.2, 0) is 15.0 Å². The van der Waals surface area contributed by atoms with E-state index in [9.17, 15) is 4.79 Å². The second-order valence-corrected chi connectivity index (χ2v) is 8.50. The number of nitrogens with zero attached hydrogens (tertiary/aromatic N) is 4. The second-order valence-electron chi connectivity index (χ2n) is 8.50. The number of carbonyl (C=O) groups is 1. The van der Waals surface area contributed by atoms with Crippen molar-refractivity contribution in [3.8, 4) is 11.5 Å². The van der Waals surface area contributed by atoms with Crippen LogP contribution in [0.15, 0.2) is 42.9 Å². The number of aromatic nitrogens is 5. The summed E-state index contributed by atoms with van der Waals surface area (Å²) in [5.74, 6) is 0.850. The molecule has 0 spiro atoms. The predicted octanol–water partition coefficient (Wildman–Crippen LogP) is 3.33. The Morgan fingerprint density at radius 3 is 2.74 bits per heavy atom. The van der Waals surface area contributed by atoms with E-state index < -0.39 is 11.1 Å². The minimum Gasteiger partial charge on any atom is -0.456 e. The Kier molecular flexibility index (Phi) is 5.69. The molecular formula is C22H26N6O3. The van der Waals surface area contributed by atoms with Crippen molar-refractivity contribution in [2.75, 3.05) is 18.5 Å². The SMILES string of the molecule is CC(C)(C)OC(=O)c1cccc(NC2(c3nc(-c4ccncn4)n[nH]3)CCOCC2)c1. The number of ether oxygens (including phenoxy) is 2. The van der Waals surface area contributed by atoms with E-state index >= 15 is 0 Å². The van der Waals surface area contributed by atoms with Crippen LogP contribution in [0.3, 0.4) is 0 Å². The van der Waals surface area contributed by atoms with E-state index in [-0.39, 0.29) is 5.97 Å². The molecule has 3 heterocycles. The third kappa shape index (κ3) is 4.88. The number of nitrogens with one attached hydrogen (secondary N) is 2. The number of carbonyl (C=O) groups excluding carboxylic acids is 1. The van der Waals surface area contributed by atoms with Gasteiger partial charge in [0, 0.05) is 37.9 Å². The van der Waals surface area contributed by atoms with Gasteiger partial charge in [-0.15, -0.1) is 0 Å². The molecule has 0 aliphatic carbocycles. The molecule has 1 saturated heterocycles. The molecule has 2 aromatic heterocycles. The summed E-state index contributed by atoms with van der Waals surface area (Å²) >= 11 is 0. The van der Waals surface area contributed by atoms with Gasteiger partial charge in [-0.2, -0.15) is 5.10 Å². The fraction of sp³-hybridized carbons (Fsp3) is 0.409. The van der Waals surface area contributed by atoms with E-state index in [4.69, 9.17) is 14.5 Å². The first kappa shape index (κ1) is 20.9. The Bertz CT molecular complexity index is 1040. The number of esters is 1. The molecule has 0 bridgehead atoms. The lowest BCUT2D eigenvalue weighted by molar-refractivity contribution is 0.00694. The van der Waals surface area contributed by atoms with Gasteiger partial charge in [0.05, 0.1) is 5.56 Å². The summed E-state index contributed by atoms with van der Waals surface area (Å²) < 4.78 is 11.1. The molecule has 0 atom stereocenters. The molecule has 4 rings (SSSR count). The van der Waals surface area contributed by atoms with Crippen LogP contribution in [0.2, 0.25) is 0 Å². The Labute approximate surface area is 180 Å². The van der Waals surface area contributed by atoms with E-state index in [2.05, 4.69) is 25.5 Å². The Morgan fingerprint density at radius 2 is 2.03 bits per heavy atom. The number of rotatable bonds is 5. The highest BCUT2D eigenvalue weighted by Gasteiger charge is 2.38. The van der Waals surface area contributed by atoms with Crippen molar-refractivity contribution in [1.29, 1.82) is 0 Å². The number of hydrogen-bond acceptors (Lipinski definition) is 8. The van der Waals surface area contributed by atoms with Crippen molar-refractivity contribution < 1.29 is 14.3 Å². The predicted molar refractivity (Wildman–Crippen MR) is 114 cm³/mol. The number of anilines is 1. The molecule has 1 aliphatic heterocycles. The van der Waals surface area contributed by atoms with Crippen molar-refractivity contribution in [2.45, 2.75) is 44.8 Å². The average molecular weight is 422 g/mol. The first-order valence-corrected chi connectivity index (χ1v) is 10.2. The maximum atomic E-state index is 12.5. The van der Waals surface area contributed by atoms with Gasteiger partial charge in [-0.1, -0.05) is 6.07 Å². The minimum absolute atomic E-state index is 0.358. The standard InChI is InChI=1S/C22H26N6O3/c1-21(2,3)31-19(29)15-5-4-6-16(13-15)26-22(8-11-30-12-9-22)20-25-18(27-28-20)17-7-10-23-14-24-17/h4-7,10,13-14,26H,8-9,11-12H2,1-3H3,(H,25,27,28). The van der Waals surface area contributed by atoms with Gasteiger partial charge in [-0.3, -0.25) is 5.10 Å². The highest BCUT2D eigenvalue weighted by Crippen LogP contribution is 2.35. The summed E-state index contributed by atoms with van der Waals surface area (Å²) in [7, 11) is 0. The van der Waals surface area contributed by atoms with Crippen LogP contribution in [0.1, 0.15) is 49.8 Å². The maximum Gasteiger partial charge on any atom is 0.338 e. The third-order valence-electron chi connectivity index (χ3n) is 4.98. The van der Waals surface area contributed by atoms with Gasteiger partial charge < -0.3 is 14.8 Å². The molecule has 1 aliphatic rings. The van der Waals surface area contributed by atoms with Crippen LogP contribution >= 0.6 is 0 Å². The molecule has 1 aromatic carbocycles. The highest BCUT2D eigenvalue weighted by atomic mass is 16.6. The van der Waals surface area contributed by atoms with Crippen molar-refractivity contribution in [2.24, 2.45) is 0 Å². The topological polar surface area (TPSA) is 115 Å². The lowest BCUT2D eigenvalue weighted by Crippen LogP contribution is -2.42. The van der Waals surface area contributed by atoms with Crippen LogP contribution in [0.25, 0.3) is 11.5 Å². The van der Waals surface area contributed by atoms with Gasteiger partial charge in [0.1, 0.15) is 23.2 Å². The molecule has 0 unspecified atom stereocenters. The van der Waals surface area contributed by atoms with Gasteiger partial charge in [-0.05, 0) is 45.0 Å². The fourth-order valence-electron chi connectivity index (χ4n) is 3.49. The summed E-state index contributed by atoms with van der Waals surface area (Å²) in [5, 5.41) is 11.0. The smallest absolute Gasteiger partial charge is 0.338 e. The van der Waals surface area contributed by atoms with Crippen LogP contribution in [-0.4, -0.2) is 49.9 Å². The molecule has 31 heavy (non-hydrogen) atoms. The Balaban J connectivity index is 1.62. The molecule has 162 valence electrons. The summed E-state index contributed by atoms with van der Waals surface area (Å²) in [6, 6.07) is 9.07. The monoisotopic (exact) mass is 422 g/mol. The first-order chi connectivity index (χ1) is 14.8. The van der Waals surface area contributed by atoms with Gasteiger partial charge in [0.25, 0.3) is 0 Å². The average Bonchev–Trinajstić information content (AvgIpc) is 3.25. The quantitative estimate of drug-likeness (QED) is 0.602. The van der Waals surface area contributed by atoms with Crippen molar-refractivity contribution in [3.63, 3.8) is 0 Å². The van der Waals surface area contributed by atoms with Crippen molar-refractivity contribution in [1.82, 2.24) is 25.1 Å². The second kappa shape index (κ2) is 8.43. The largest absolute Gasteiger partial charge is 0.456 e. The van der Waals surface area contributed by atoms with Crippen LogP contribution < -0.4 is 5.32 Å². The van der Waals surface area contributed by atoms with Gasteiger partial charge in [-0.25, -0.2) is 19.7 Å². The van der Waals surface area contributed by atoms with Crippen molar-refractivity contribution in [3.05, 3.63) is 54.2 Å². The number of H-pyrrole nitrogens is 1. The zero-order chi connectivity index (χ0) is 21.9. The van der Waals surface area contributed by atoms with E-state index in [1.807, 2.05) is 32.9 Å². The molecule has 9 nitrogen and oxygen atoms in total. The number of benzene rings is 1. The summed E-state index contributed by atoms with van der Waals surface area (Å²) in [4.78, 5) is 25.4. The highest BCUT2D eigenvalue weighted by molar-refractivity contribution is 5.90. The van der Waals surface area contributed by atoms with Crippen LogP contribution in [0.4, 0.5) is 5.69 Å². The number of hydrogen-bond donors (Lipinski definition) is 2. The molecule has 9 heteroatoms. The minimum atomic E-state index is -0.556. The summed E-state index contributed by atoms with van der Waals surface area (Å²) in [6.07, 6.45) is 4.52. The zero-order valence-electron chi connectivity index (χ0n) is 17.9. The molecule has 0 saturated carbocycles. The van der Waals surface area contributed by atoms with Crippen LogP contribution in [0, 0.1) is 0 Å². The lowest BCUT2D eigenvalue weighted by Gasteiger charge is -2.37. The molecule has 3 aromatic rings. The van der Waals surface area contributed by atoms with E-state index in [1.165, 1.54) is 6.33 Å². The third-order valence-corrected chi connectivity index (χ3v) is 4.98. The summed E-state index contributed by atoms with van der Waals surface area (Å²) in [6.45, 7) is 6.72. The number of aromatic amines is 1. The van der Waals surface area contributed by atoms with Crippen LogP contribution in [0.5, 0.6) is 0 Å². The van der Waals surface area contributed by atoms with Gasteiger partial charge in [0.2, 0.25) is 0 Å². The van der Waals surface area contributed by atoms with E-state index in [1.54, 1.807) is 24.4 Å². The van der Waals surface area contributed by atoms with E-state index in [0.717, 1.165) is 5.69 Å². The maximum absolute atomic E-state index is 12.5. The normalized spacial score (nSPS) is 16.0. The summed E-state index contributed by atoms with van der Waals surface area (Å²) in [5.41, 5.74) is 0.862. The zero-order valence-corrected chi connectivity index (χ0v) is 17.9. The van der Waals surface area contributed by atoms with Crippen molar-refractivity contribution >= 4 is 11.7 Å². The Morgan fingerprint density at radius 1 is 1.23 bits per heavy atom. The Hall–Kier alpha value is -3.33. The molecule has 1 fully saturated rings. The molecule has 2 N–H and O–H groups in total. The molecule has 0 amide bonds. The van der Waals surface area contributed by atoms with Gasteiger partial charge >= 0.3 is 5.97 Å². The molecular weight excluding hydrogens is 396 g/mol. The fourth-order valence-corrected chi connectivity index (χ4v) is 3.49.